The van der Waals surface area contributed by atoms with Crippen LogP contribution in [0.4, 0.5) is 13.2 Å². The Bertz CT molecular complexity index is 690. The highest BCUT2D eigenvalue weighted by Crippen LogP contribution is 2.16. The zero-order chi connectivity index (χ0) is 17.6. The predicted octanol–water partition coefficient (Wildman–Crippen LogP) is 3.74. The number of benzene rings is 1. The number of nitrogens with zero attached hydrogens (tertiary/aromatic N) is 1. The first kappa shape index (κ1) is 18.2. The lowest BCUT2D eigenvalue weighted by Gasteiger charge is -2.09. The molecule has 1 heterocycles. The van der Waals surface area contributed by atoms with Crippen LogP contribution in [-0.2, 0) is 17.9 Å². The SMILES string of the molecule is O=C(NCc1ccc(COCC(F)(F)F)cc1)c1cccnc1Cl. The number of amides is 1. The molecule has 4 nitrogen and oxygen atoms in total. The van der Waals surface area contributed by atoms with E-state index in [-0.39, 0.29) is 29.8 Å². The highest BCUT2D eigenvalue weighted by Gasteiger charge is 2.27. The summed E-state index contributed by atoms with van der Waals surface area (Å²) in [6, 6.07) is 9.88. The van der Waals surface area contributed by atoms with E-state index < -0.39 is 12.8 Å². The van der Waals surface area contributed by atoms with Gasteiger partial charge in [-0.2, -0.15) is 13.2 Å². The molecular formula is C16H14ClF3N2O2. The van der Waals surface area contributed by atoms with E-state index in [0.717, 1.165) is 5.56 Å². The summed E-state index contributed by atoms with van der Waals surface area (Å²) in [4.78, 5) is 15.8. The topological polar surface area (TPSA) is 51.2 Å². The summed E-state index contributed by atoms with van der Waals surface area (Å²) in [6.07, 6.45) is -2.85. The molecule has 0 aliphatic heterocycles. The second-order valence-corrected chi connectivity index (χ2v) is 5.31. The molecule has 2 rings (SSSR count). The standard InChI is InChI=1S/C16H14ClF3N2O2/c17-14-13(2-1-7-21-14)15(23)22-8-11-3-5-12(6-4-11)9-24-10-16(18,19)20/h1-7H,8-10H2,(H,22,23). The summed E-state index contributed by atoms with van der Waals surface area (Å²) in [5.74, 6) is -0.356. The number of hydrogen-bond donors (Lipinski definition) is 1. The van der Waals surface area contributed by atoms with Crippen molar-refractivity contribution in [3.05, 3.63) is 64.4 Å². The maximum Gasteiger partial charge on any atom is 0.411 e. The molecule has 0 spiro atoms. The van der Waals surface area contributed by atoms with Gasteiger partial charge in [-0.1, -0.05) is 35.9 Å². The van der Waals surface area contributed by atoms with Crippen LogP contribution in [0.3, 0.4) is 0 Å². The third-order valence-corrected chi connectivity index (χ3v) is 3.32. The Morgan fingerprint density at radius 2 is 1.83 bits per heavy atom. The van der Waals surface area contributed by atoms with Gasteiger partial charge in [0.1, 0.15) is 11.8 Å². The fraction of sp³-hybridized carbons (Fsp3) is 0.250. The maximum atomic E-state index is 12.0. The average Bonchev–Trinajstić information content (AvgIpc) is 2.53. The molecule has 24 heavy (non-hydrogen) atoms. The van der Waals surface area contributed by atoms with Crippen LogP contribution >= 0.6 is 11.6 Å². The van der Waals surface area contributed by atoms with Gasteiger partial charge < -0.3 is 10.1 Å². The van der Waals surface area contributed by atoms with Gasteiger partial charge in [0, 0.05) is 12.7 Å². The van der Waals surface area contributed by atoms with Crippen LogP contribution < -0.4 is 5.32 Å². The maximum absolute atomic E-state index is 12.0. The van der Waals surface area contributed by atoms with Crippen LogP contribution in [0, 0.1) is 0 Å². The number of ether oxygens (including phenoxy) is 1. The fourth-order valence-corrected chi connectivity index (χ4v) is 2.08. The van der Waals surface area contributed by atoms with Crippen molar-refractivity contribution in [3.63, 3.8) is 0 Å². The Morgan fingerprint density at radius 3 is 2.46 bits per heavy atom. The number of nitrogens with one attached hydrogen (secondary N) is 1. The number of aromatic nitrogens is 1. The van der Waals surface area contributed by atoms with Gasteiger partial charge in [-0.15, -0.1) is 0 Å². The smallest absolute Gasteiger partial charge is 0.367 e. The van der Waals surface area contributed by atoms with E-state index in [0.29, 0.717) is 5.56 Å². The third-order valence-electron chi connectivity index (χ3n) is 3.01. The molecule has 0 saturated heterocycles. The average molecular weight is 359 g/mol. The summed E-state index contributed by atoms with van der Waals surface area (Å²) in [6.45, 7) is -1.15. The van der Waals surface area contributed by atoms with Crippen molar-refractivity contribution in [2.75, 3.05) is 6.61 Å². The van der Waals surface area contributed by atoms with Crippen molar-refractivity contribution in [1.82, 2.24) is 10.3 Å². The Kier molecular flexibility index (Phi) is 6.16. The first-order valence-electron chi connectivity index (χ1n) is 6.96. The lowest BCUT2D eigenvalue weighted by molar-refractivity contribution is -0.176. The molecule has 0 bridgehead atoms. The van der Waals surface area contributed by atoms with E-state index in [1.807, 2.05) is 0 Å². The molecule has 0 radical (unpaired) electrons. The Balaban J connectivity index is 1.84. The molecule has 0 aliphatic carbocycles. The summed E-state index contributed by atoms with van der Waals surface area (Å²) < 4.78 is 40.5. The Labute approximate surface area is 141 Å². The lowest BCUT2D eigenvalue weighted by atomic mass is 10.1. The number of pyridine rings is 1. The second-order valence-electron chi connectivity index (χ2n) is 4.95. The van der Waals surface area contributed by atoms with E-state index >= 15 is 0 Å². The van der Waals surface area contributed by atoms with Crippen LogP contribution in [0.5, 0.6) is 0 Å². The molecule has 128 valence electrons. The quantitative estimate of drug-likeness (QED) is 0.800. The van der Waals surface area contributed by atoms with Gasteiger partial charge in [0.2, 0.25) is 0 Å². The van der Waals surface area contributed by atoms with Gasteiger partial charge >= 0.3 is 6.18 Å². The zero-order valence-corrected chi connectivity index (χ0v) is 13.2. The van der Waals surface area contributed by atoms with Gasteiger partial charge in [-0.3, -0.25) is 4.79 Å². The normalized spacial score (nSPS) is 11.3. The van der Waals surface area contributed by atoms with Gasteiger partial charge in [0.15, 0.2) is 0 Å². The van der Waals surface area contributed by atoms with Crippen molar-refractivity contribution in [2.45, 2.75) is 19.3 Å². The summed E-state index contributed by atoms with van der Waals surface area (Å²) in [7, 11) is 0. The van der Waals surface area contributed by atoms with E-state index in [4.69, 9.17) is 11.6 Å². The van der Waals surface area contributed by atoms with Crippen LogP contribution in [0.1, 0.15) is 21.5 Å². The summed E-state index contributed by atoms with van der Waals surface area (Å²) in [5, 5.41) is 2.81. The Hall–Kier alpha value is -2.12. The van der Waals surface area contributed by atoms with Crippen molar-refractivity contribution < 1.29 is 22.7 Å². The first-order chi connectivity index (χ1) is 11.3. The summed E-state index contributed by atoms with van der Waals surface area (Å²) >= 11 is 5.84. The minimum Gasteiger partial charge on any atom is -0.367 e. The molecule has 0 fully saturated rings. The van der Waals surface area contributed by atoms with Gasteiger partial charge in [-0.05, 0) is 23.3 Å². The molecule has 1 aromatic heterocycles. The molecule has 1 amide bonds. The van der Waals surface area contributed by atoms with Crippen LogP contribution in [0.2, 0.25) is 5.15 Å². The molecule has 0 saturated carbocycles. The molecular weight excluding hydrogens is 345 g/mol. The van der Waals surface area contributed by atoms with E-state index in [2.05, 4.69) is 15.0 Å². The predicted molar refractivity (Wildman–Crippen MR) is 82.6 cm³/mol. The fourth-order valence-electron chi connectivity index (χ4n) is 1.87. The van der Waals surface area contributed by atoms with Gasteiger partial charge in [0.05, 0.1) is 12.2 Å². The first-order valence-corrected chi connectivity index (χ1v) is 7.34. The van der Waals surface area contributed by atoms with E-state index in [1.165, 1.54) is 6.20 Å². The van der Waals surface area contributed by atoms with Crippen molar-refractivity contribution in [3.8, 4) is 0 Å². The van der Waals surface area contributed by atoms with Gasteiger partial charge in [-0.25, -0.2) is 4.98 Å². The molecule has 0 atom stereocenters. The summed E-state index contributed by atoms with van der Waals surface area (Å²) in [5.41, 5.74) is 1.68. The number of alkyl halides is 3. The largest absolute Gasteiger partial charge is 0.411 e. The highest BCUT2D eigenvalue weighted by molar-refractivity contribution is 6.32. The highest BCUT2D eigenvalue weighted by atomic mass is 35.5. The number of carbonyl (C=O) groups is 1. The van der Waals surface area contributed by atoms with Crippen LogP contribution in [0.25, 0.3) is 0 Å². The minimum atomic E-state index is -4.34. The van der Waals surface area contributed by atoms with Crippen LogP contribution in [0.15, 0.2) is 42.6 Å². The number of halogens is 4. The number of rotatable bonds is 6. The monoisotopic (exact) mass is 358 g/mol. The minimum absolute atomic E-state index is 0.118. The third kappa shape index (κ3) is 5.82. The lowest BCUT2D eigenvalue weighted by Crippen LogP contribution is -2.23. The molecule has 2 aromatic rings. The van der Waals surface area contributed by atoms with Crippen molar-refractivity contribution >= 4 is 17.5 Å². The Morgan fingerprint density at radius 1 is 1.17 bits per heavy atom. The number of hydrogen-bond acceptors (Lipinski definition) is 3. The molecule has 0 aliphatic rings. The molecule has 1 N–H and O–H groups in total. The molecule has 0 unspecified atom stereocenters. The second kappa shape index (κ2) is 8.12. The zero-order valence-electron chi connectivity index (χ0n) is 12.4. The van der Waals surface area contributed by atoms with E-state index in [1.54, 1.807) is 36.4 Å². The van der Waals surface area contributed by atoms with Crippen LogP contribution in [-0.4, -0.2) is 23.7 Å². The van der Waals surface area contributed by atoms with E-state index in [9.17, 15) is 18.0 Å². The molecule has 1 aromatic carbocycles. The van der Waals surface area contributed by atoms with Gasteiger partial charge in [0.25, 0.3) is 5.91 Å². The van der Waals surface area contributed by atoms with Crippen molar-refractivity contribution in [2.24, 2.45) is 0 Å². The van der Waals surface area contributed by atoms with Crippen molar-refractivity contribution in [1.29, 1.82) is 0 Å². The molecule has 8 heteroatoms. The number of carbonyl (C=O) groups excluding carboxylic acids is 1.